The van der Waals surface area contributed by atoms with Crippen LogP contribution in [0.3, 0.4) is 0 Å². The van der Waals surface area contributed by atoms with E-state index < -0.39 is 5.54 Å². The van der Waals surface area contributed by atoms with E-state index in [1.807, 2.05) is 26.0 Å². The van der Waals surface area contributed by atoms with Gasteiger partial charge in [0.05, 0.1) is 0 Å². The Morgan fingerprint density at radius 1 is 1.15 bits per heavy atom. The molecule has 1 spiro atoms. The summed E-state index contributed by atoms with van der Waals surface area (Å²) in [4.78, 5) is 26.2. The maximum Gasteiger partial charge on any atom is 0.329 e. The first-order valence-electron chi connectivity index (χ1n) is 6.88. The number of nitrogens with one attached hydrogen (secondary N) is 1. The summed E-state index contributed by atoms with van der Waals surface area (Å²) in [5, 5.41) is 2.49. The lowest BCUT2D eigenvalue weighted by Crippen LogP contribution is -2.47. The molecule has 3 amide bonds. The molecule has 1 aliphatic heterocycles. The summed E-state index contributed by atoms with van der Waals surface area (Å²) in [6.45, 7) is 4.00. The van der Waals surface area contributed by atoms with Crippen LogP contribution in [0.2, 0.25) is 0 Å². The summed E-state index contributed by atoms with van der Waals surface area (Å²) in [6, 6.07) is 3.64. The van der Waals surface area contributed by atoms with Gasteiger partial charge in [-0.3, -0.25) is 15.0 Å². The Bertz CT molecular complexity index is 583. The van der Waals surface area contributed by atoms with Gasteiger partial charge in [-0.05, 0) is 49.9 Å². The van der Waals surface area contributed by atoms with Gasteiger partial charge in [-0.2, -0.15) is 0 Å². The van der Waals surface area contributed by atoms with E-state index in [4.69, 9.17) is 0 Å². The molecule has 0 bridgehead atoms. The van der Waals surface area contributed by atoms with Crippen molar-refractivity contribution >= 4 is 33.6 Å². The number of anilines is 1. The molecule has 0 radical (unpaired) electrons. The SMILES string of the molecule is Cc1cc(N2C(=O)NC(=O)C23CCCC3)cc(C)c1Br. The van der Waals surface area contributed by atoms with E-state index in [2.05, 4.69) is 21.2 Å². The van der Waals surface area contributed by atoms with Crippen molar-refractivity contribution < 1.29 is 9.59 Å². The molecule has 106 valence electrons. The van der Waals surface area contributed by atoms with Crippen molar-refractivity contribution in [2.45, 2.75) is 45.1 Å². The zero-order valence-corrected chi connectivity index (χ0v) is 13.2. The Morgan fingerprint density at radius 2 is 1.70 bits per heavy atom. The van der Waals surface area contributed by atoms with Crippen molar-refractivity contribution in [1.82, 2.24) is 5.32 Å². The van der Waals surface area contributed by atoms with Crippen LogP contribution in [-0.4, -0.2) is 17.5 Å². The van der Waals surface area contributed by atoms with Crippen molar-refractivity contribution in [3.63, 3.8) is 0 Å². The first-order chi connectivity index (χ1) is 9.45. The molecule has 5 heteroatoms. The second kappa shape index (κ2) is 4.58. The molecule has 0 unspecified atom stereocenters. The highest BCUT2D eigenvalue weighted by atomic mass is 79.9. The Morgan fingerprint density at radius 3 is 2.25 bits per heavy atom. The highest BCUT2D eigenvalue weighted by Crippen LogP contribution is 2.42. The predicted molar refractivity (Wildman–Crippen MR) is 80.8 cm³/mol. The number of rotatable bonds is 1. The Hall–Kier alpha value is -1.36. The quantitative estimate of drug-likeness (QED) is 0.798. The van der Waals surface area contributed by atoms with Gasteiger partial charge in [-0.1, -0.05) is 28.8 Å². The normalized spacial score (nSPS) is 20.9. The molecular weight excluding hydrogens is 320 g/mol. The summed E-state index contributed by atoms with van der Waals surface area (Å²) >= 11 is 3.54. The van der Waals surface area contributed by atoms with Crippen LogP contribution in [0.1, 0.15) is 36.8 Å². The molecule has 1 heterocycles. The average Bonchev–Trinajstić information content (AvgIpc) is 2.94. The maximum absolute atomic E-state index is 12.2. The molecule has 1 saturated heterocycles. The minimum Gasteiger partial charge on any atom is -0.279 e. The van der Waals surface area contributed by atoms with Crippen LogP contribution >= 0.6 is 15.9 Å². The van der Waals surface area contributed by atoms with E-state index >= 15 is 0 Å². The molecule has 1 N–H and O–H groups in total. The molecule has 2 aliphatic rings. The topological polar surface area (TPSA) is 49.4 Å². The number of urea groups is 1. The van der Waals surface area contributed by atoms with Crippen LogP contribution in [0.4, 0.5) is 10.5 Å². The average molecular weight is 337 g/mol. The van der Waals surface area contributed by atoms with Gasteiger partial charge < -0.3 is 0 Å². The van der Waals surface area contributed by atoms with E-state index in [-0.39, 0.29) is 11.9 Å². The number of amides is 3. The van der Waals surface area contributed by atoms with Gasteiger partial charge in [0.25, 0.3) is 5.91 Å². The van der Waals surface area contributed by atoms with Gasteiger partial charge in [-0.25, -0.2) is 4.79 Å². The summed E-state index contributed by atoms with van der Waals surface area (Å²) in [7, 11) is 0. The number of nitrogens with zero attached hydrogens (tertiary/aromatic N) is 1. The molecule has 4 nitrogen and oxygen atoms in total. The highest BCUT2D eigenvalue weighted by Gasteiger charge is 2.54. The number of benzene rings is 1. The molecule has 1 saturated carbocycles. The number of halogens is 1. The zero-order chi connectivity index (χ0) is 14.5. The summed E-state index contributed by atoms with van der Waals surface area (Å²) in [5.41, 5.74) is 2.29. The molecule has 1 aromatic rings. The third kappa shape index (κ3) is 1.79. The molecule has 1 aliphatic carbocycles. The van der Waals surface area contributed by atoms with Crippen molar-refractivity contribution in [1.29, 1.82) is 0 Å². The van der Waals surface area contributed by atoms with E-state index in [1.54, 1.807) is 4.90 Å². The van der Waals surface area contributed by atoms with Crippen molar-refractivity contribution in [3.05, 3.63) is 27.7 Å². The van der Waals surface area contributed by atoms with Crippen LogP contribution in [-0.2, 0) is 4.79 Å². The zero-order valence-electron chi connectivity index (χ0n) is 11.6. The largest absolute Gasteiger partial charge is 0.329 e. The molecule has 20 heavy (non-hydrogen) atoms. The van der Waals surface area contributed by atoms with Crippen molar-refractivity contribution in [2.75, 3.05) is 4.90 Å². The lowest BCUT2D eigenvalue weighted by molar-refractivity contribution is -0.123. The third-order valence-electron chi connectivity index (χ3n) is 4.38. The Labute approximate surface area is 126 Å². The number of carbonyl (C=O) groups excluding carboxylic acids is 2. The van der Waals surface area contributed by atoms with Gasteiger partial charge in [-0.15, -0.1) is 0 Å². The van der Waals surface area contributed by atoms with Gasteiger partial charge in [0.2, 0.25) is 0 Å². The molecule has 0 aromatic heterocycles. The third-order valence-corrected chi connectivity index (χ3v) is 5.64. The minimum absolute atomic E-state index is 0.141. The van der Waals surface area contributed by atoms with Crippen LogP contribution in [0.15, 0.2) is 16.6 Å². The van der Waals surface area contributed by atoms with Crippen molar-refractivity contribution in [2.24, 2.45) is 0 Å². The van der Waals surface area contributed by atoms with Crippen LogP contribution in [0.25, 0.3) is 0 Å². The van der Waals surface area contributed by atoms with Crippen LogP contribution < -0.4 is 10.2 Å². The van der Waals surface area contributed by atoms with Crippen LogP contribution in [0.5, 0.6) is 0 Å². The second-order valence-corrected chi connectivity index (χ2v) is 6.52. The van der Waals surface area contributed by atoms with E-state index in [0.717, 1.165) is 47.0 Å². The van der Waals surface area contributed by atoms with Crippen LogP contribution in [0, 0.1) is 13.8 Å². The first kappa shape index (κ1) is 13.6. The standard InChI is InChI=1S/C15H17BrN2O2/c1-9-7-11(8-10(2)12(9)16)18-14(20)17-13(19)15(18)5-3-4-6-15/h7-8H,3-6H2,1-2H3,(H,17,19,20). The maximum atomic E-state index is 12.2. The number of hydrogen-bond acceptors (Lipinski definition) is 2. The van der Waals surface area contributed by atoms with E-state index in [9.17, 15) is 9.59 Å². The molecule has 1 aromatic carbocycles. The number of carbonyl (C=O) groups is 2. The molecule has 3 rings (SSSR count). The fraction of sp³-hybridized carbons (Fsp3) is 0.467. The van der Waals surface area contributed by atoms with Crippen molar-refractivity contribution in [3.8, 4) is 0 Å². The molecular formula is C15H17BrN2O2. The minimum atomic E-state index is -0.663. The molecule has 0 atom stereocenters. The van der Waals surface area contributed by atoms with Gasteiger partial charge in [0.15, 0.2) is 0 Å². The number of hydrogen-bond donors (Lipinski definition) is 1. The van der Waals surface area contributed by atoms with Gasteiger partial charge >= 0.3 is 6.03 Å². The second-order valence-electron chi connectivity index (χ2n) is 5.73. The predicted octanol–water partition coefficient (Wildman–Crippen LogP) is 3.43. The van der Waals surface area contributed by atoms with Gasteiger partial charge in [0.1, 0.15) is 5.54 Å². The van der Waals surface area contributed by atoms with E-state index in [1.165, 1.54) is 0 Å². The van der Waals surface area contributed by atoms with Gasteiger partial charge in [0, 0.05) is 10.2 Å². The summed E-state index contributed by atoms with van der Waals surface area (Å²) in [6.07, 6.45) is 3.48. The highest BCUT2D eigenvalue weighted by molar-refractivity contribution is 9.10. The van der Waals surface area contributed by atoms with E-state index in [0.29, 0.717) is 0 Å². The molecule has 2 fully saturated rings. The monoisotopic (exact) mass is 336 g/mol. The number of imide groups is 1. The fourth-order valence-electron chi connectivity index (χ4n) is 3.39. The summed E-state index contributed by atoms with van der Waals surface area (Å²) < 4.78 is 1.05. The Balaban J connectivity index is 2.12. The Kier molecular flexibility index (Phi) is 3.12. The number of aryl methyl sites for hydroxylation is 2. The lowest BCUT2D eigenvalue weighted by Gasteiger charge is -2.32. The lowest BCUT2D eigenvalue weighted by atomic mass is 9.95. The smallest absolute Gasteiger partial charge is 0.279 e. The summed E-state index contributed by atoms with van der Waals surface area (Å²) in [5.74, 6) is -0.141. The fourth-order valence-corrected chi connectivity index (χ4v) is 3.62. The first-order valence-corrected chi connectivity index (χ1v) is 7.67.